The van der Waals surface area contributed by atoms with Gasteiger partial charge < -0.3 is 14.5 Å². The molecule has 0 saturated heterocycles. The Kier molecular flexibility index (Phi) is 6.14. The molecular weight excluding hydrogens is 454 g/mol. The zero-order valence-corrected chi connectivity index (χ0v) is 15.6. The highest BCUT2D eigenvalue weighted by molar-refractivity contribution is 9.11. The van der Waals surface area contributed by atoms with Gasteiger partial charge in [-0.3, -0.25) is 0 Å². The van der Waals surface area contributed by atoms with Crippen LogP contribution in [0, 0.1) is 0 Å². The van der Waals surface area contributed by atoms with Crippen molar-refractivity contribution in [1.82, 2.24) is 5.32 Å². The van der Waals surface area contributed by atoms with E-state index in [9.17, 15) is 0 Å². The molecule has 0 aliphatic carbocycles. The van der Waals surface area contributed by atoms with Gasteiger partial charge in [0.25, 0.3) is 0 Å². The molecule has 0 atom stereocenters. The standard InChI is InChI=1S/C14H14Br3NO2/c1-2-18-7-10-3-4-11(20-10)8-19-14-12(16)5-9(15)6-13(14)17/h3-6,18H,2,7-8H2,1H3. The van der Waals surface area contributed by atoms with Crippen LogP contribution in [0.25, 0.3) is 0 Å². The Morgan fingerprint density at radius 3 is 2.40 bits per heavy atom. The third-order valence-electron chi connectivity index (χ3n) is 2.59. The van der Waals surface area contributed by atoms with Crippen LogP contribution in [0.2, 0.25) is 0 Å². The Balaban J connectivity index is 2.00. The first-order valence-electron chi connectivity index (χ1n) is 6.15. The zero-order valence-electron chi connectivity index (χ0n) is 10.9. The molecule has 2 rings (SSSR count). The summed E-state index contributed by atoms with van der Waals surface area (Å²) in [5.74, 6) is 2.48. The number of hydrogen-bond acceptors (Lipinski definition) is 3. The monoisotopic (exact) mass is 465 g/mol. The molecule has 0 amide bonds. The molecule has 1 heterocycles. The summed E-state index contributed by atoms with van der Waals surface area (Å²) in [7, 11) is 0. The fourth-order valence-electron chi connectivity index (χ4n) is 1.65. The Hall–Kier alpha value is -0.300. The quantitative estimate of drug-likeness (QED) is 0.629. The Morgan fingerprint density at radius 1 is 1.10 bits per heavy atom. The van der Waals surface area contributed by atoms with Crippen LogP contribution in [-0.2, 0) is 13.2 Å². The summed E-state index contributed by atoms with van der Waals surface area (Å²) >= 11 is 10.4. The average molecular weight is 468 g/mol. The lowest BCUT2D eigenvalue weighted by atomic mass is 10.3. The van der Waals surface area contributed by atoms with Crippen LogP contribution in [0.5, 0.6) is 5.75 Å². The topological polar surface area (TPSA) is 34.4 Å². The SMILES string of the molecule is CCNCc1ccc(COc2c(Br)cc(Br)cc2Br)o1. The normalized spacial score (nSPS) is 10.8. The summed E-state index contributed by atoms with van der Waals surface area (Å²) in [6.45, 7) is 4.12. The van der Waals surface area contributed by atoms with Crippen molar-refractivity contribution in [3.63, 3.8) is 0 Å². The highest BCUT2D eigenvalue weighted by Gasteiger charge is 2.10. The predicted molar refractivity (Wildman–Crippen MR) is 90.0 cm³/mol. The van der Waals surface area contributed by atoms with Crippen molar-refractivity contribution in [3.05, 3.63) is 49.2 Å². The highest BCUT2D eigenvalue weighted by Crippen LogP contribution is 2.36. The van der Waals surface area contributed by atoms with Gasteiger partial charge >= 0.3 is 0 Å². The van der Waals surface area contributed by atoms with E-state index < -0.39 is 0 Å². The maximum absolute atomic E-state index is 5.80. The summed E-state index contributed by atoms with van der Waals surface area (Å²) in [6, 6.07) is 7.79. The molecule has 20 heavy (non-hydrogen) atoms. The molecular formula is C14H14Br3NO2. The molecule has 1 aromatic carbocycles. The summed E-state index contributed by atoms with van der Waals surface area (Å²) in [5.41, 5.74) is 0. The number of ether oxygens (including phenoxy) is 1. The fraction of sp³-hybridized carbons (Fsp3) is 0.286. The van der Waals surface area contributed by atoms with Gasteiger partial charge in [0.1, 0.15) is 23.9 Å². The van der Waals surface area contributed by atoms with Gasteiger partial charge in [0.2, 0.25) is 0 Å². The molecule has 3 nitrogen and oxygen atoms in total. The molecule has 0 fully saturated rings. The lowest BCUT2D eigenvalue weighted by molar-refractivity contribution is 0.262. The molecule has 6 heteroatoms. The van der Waals surface area contributed by atoms with E-state index in [-0.39, 0.29) is 0 Å². The third-order valence-corrected chi connectivity index (χ3v) is 4.22. The van der Waals surface area contributed by atoms with Gasteiger partial charge in [-0.25, -0.2) is 0 Å². The lowest BCUT2D eigenvalue weighted by Gasteiger charge is -2.09. The first-order chi connectivity index (χ1) is 9.60. The minimum absolute atomic E-state index is 0.394. The molecule has 0 aliphatic rings. The van der Waals surface area contributed by atoms with Gasteiger partial charge in [-0.2, -0.15) is 0 Å². The minimum Gasteiger partial charge on any atom is -0.483 e. The molecule has 1 aromatic heterocycles. The van der Waals surface area contributed by atoms with E-state index in [1.165, 1.54) is 0 Å². The summed E-state index contributed by atoms with van der Waals surface area (Å²) in [6.07, 6.45) is 0. The van der Waals surface area contributed by atoms with Gasteiger partial charge in [-0.1, -0.05) is 22.9 Å². The van der Waals surface area contributed by atoms with Crippen LogP contribution in [0.15, 0.2) is 42.1 Å². The van der Waals surface area contributed by atoms with Crippen molar-refractivity contribution in [1.29, 1.82) is 0 Å². The predicted octanol–water partition coefficient (Wildman–Crippen LogP) is 5.26. The average Bonchev–Trinajstić information content (AvgIpc) is 2.83. The maximum atomic E-state index is 5.80. The minimum atomic E-state index is 0.394. The van der Waals surface area contributed by atoms with Crippen LogP contribution in [0.3, 0.4) is 0 Å². The van der Waals surface area contributed by atoms with Crippen molar-refractivity contribution < 1.29 is 9.15 Å². The van der Waals surface area contributed by atoms with Crippen LogP contribution in [-0.4, -0.2) is 6.54 Å². The smallest absolute Gasteiger partial charge is 0.148 e. The maximum Gasteiger partial charge on any atom is 0.148 e. The molecule has 108 valence electrons. The van der Waals surface area contributed by atoms with Crippen LogP contribution < -0.4 is 10.1 Å². The highest BCUT2D eigenvalue weighted by atomic mass is 79.9. The third kappa shape index (κ3) is 4.35. The summed E-state index contributed by atoms with van der Waals surface area (Å²) in [5, 5.41) is 3.22. The van der Waals surface area contributed by atoms with Gasteiger partial charge in [-0.05, 0) is 62.7 Å². The van der Waals surface area contributed by atoms with E-state index in [1.54, 1.807) is 0 Å². The van der Waals surface area contributed by atoms with E-state index in [0.717, 1.165) is 43.8 Å². The van der Waals surface area contributed by atoms with Gasteiger partial charge in [-0.15, -0.1) is 0 Å². The fourth-order valence-corrected chi connectivity index (χ4v) is 4.14. The molecule has 0 aliphatic heterocycles. The second-order valence-electron chi connectivity index (χ2n) is 4.14. The number of furan rings is 1. The number of hydrogen-bond donors (Lipinski definition) is 1. The van der Waals surface area contributed by atoms with Crippen LogP contribution in [0.1, 0.15) is 18.4 Å². The van der Waals surface area contributed by atoms with Crippen LogP contribution >= 0.6 is 47.8 Å². The number of rotatable bonds is 6. The van der Waals surface area contributed by atoms with E-state index in [2.05, 4.69) is 60.0 Å². The van der Waals surface area contributed by atoms with E-state index in [1.807, 2.05) is 24.3 Å². The van der Waals surface area contributed by atoms with E-state index >= 15 is 0 Å². The summed E-state index contributed by atoms with van der Waals surface area (Å²) in [4.78, 5) is 0. The van der Waals surface area contributed by atoms with E-state index in [4.69, 9.17) is 9.15 Å². The lowest BCUT2D eigenvalue weighted by Crippen LogP contribution is -2.10. The number of benzene rings is 1. The molecule has 0 bridgehead atoms. The van der Waals surface area contributed by atoms with Gasteiger partial charge in [0.15, 0.2) is 0 Å². The zero-order chi connectivity index (χ0) is 14.5. The van der Waals surface area contributed by atoms with Crippen molar-refractivity contribution in [3.8, 4) is 5.75 Å². The molecule has 0 spiro atoms. The van der Waals surface area contributed by atoms with Crippen molar-refractivity contribution in [2.24, 2.45) is 0 Å². The number of nitrogens with one attached hydrogen (secondary N) is 1. The molecule has 0 saturated carbocycles. The van der Waals surface area contributed by atoms with Gasteiger partial charge in [0.05, 0.1) is 15.5 Å². The molecule has 1 N–H and O–H groups in total. The molecule has 0 radical (unpaired) electrons. The Labute approximate surface area is 143 Å². The Morgan fingerprint density at radius 2 is 1.75 bits per heavy atom. The number of halogens is 3. The second-order valence-corrected chi connectivity index (χ2v) is 6.76. The first-order valence-corrected chi connectivity index (χ1v) is 8.53. The Bertz CT molecular complexity index is 561. The molecule has 2 aromatic rings. The largest absolute Gasteiger partial charge is 0.483 e. The second kappa shape index (κ2) is 7.64. The van der Waals surface area contributed by atoms with E-state index in [0.29, 0.717) is 6.61 Å². The van der Waals surface area contributed by atoms with Crippen molar-refractivity contribution in [2.45, 2.75) is 20.1 Å². The van der Waals surface area contributed by atoms with Crippen molar-refractivity contribution >= 4 is 47.8 Å². The molecule has 0 unspecified atom stereocenters. The van der Waals surface area contributed by atoms with Crippen LogP contribution in [0.4, 0.5) is 0 Å². The van der Waals surface area contributed by atoms with Crippen molar-refractivity contribution in [2.75, 3.05) is 6.54 Å². The first kappa shape index (κ1) is 16.1. The van der Waals surface area contributed by atoms with Gasteiger partial charge in [0, 0.05) is 4.47 Å². The summed E-state index contributed by atoms with van der Waals surface area (Å²) < 4.78 is 14.2.